The van der Waals surface area contributed by atoms with Crippen molar-refractivity contribution in [1.29, 1.82) is 0 Å². The lowest BCUT2D eigenvalue weighted by Crippen LogP contribution is -3.11. The SMILES string of the molecule is COc1cccc(NC(=O)C[NH+](C)CC(=O)Nc2ccccc2OC(F)F)c1. The lowest BCUT2D eigenvalue weighted by atomic mass is 10.3. The van der Waals surface area contributed by atoms with E-state index in [1.54, 1.807) is 37.4 Å². The van der Waals surface area contributed by atoms with Crippen LogP contribution in [0.2, 0.25) is 0 Å². The zero-order chi connectivity index (χ0) is 20.5. The molecule has 150 valence electrons. The summed E-state index contributed by atoms with van der Waals surface area (Å²) in [6, 6.07) is 12.8. The molecule has 0 spiro atoms. The zero-order valence-corrected chi connectivity index (χ0v) is 15.5. The molecule has 2 aromatic rings. The second-order valence-corrected chi connectivity index (χ2v) is 6.01. The maximum absolute atomic E-state index is 12.4. The molecule has 0 aliphatic heterocycles. The minimum Gasteiger partial charge on any atom is -0.497 e. The largest absolute Gasteiger partial charge is 0.497 e. The average molecular weight is 394 g/mol. The van der Waals surface area contributed by atoms with Crippen LogP contribution in [0.15, 0.2) is 48.5 Å². The lowest BCUT2D eigenvalue weighted by molar-refractivity contribution is -0.862. The Morgan fingerprint density at radius 1 is 1.04 bits per heavy atom. The van der Waals surface area contributed by atoms with E-state index in [2.05, 4.69) is 15.4 Å². The molecule has 0 bridgehead atoms. The van der Waals surface area contributed by atoms with Crippen LogP contribution in [-0.4, -0.2) is 45.7 Å². The van der Waals surface area contributed by atoms with Gasteiger partial charge in [-0.25, -0.2) is 0 Å². The van der Waals surface area contributed by atoms with Crippen LogP contribution in [0.25, 0.3) is 0 Å². The smallest absolute Gasteiger partial charge is 0.387 e. The Hall–Kier alpha value is -3.20. The molecule has 2 aromatic carbocycles. The van der Waals surface area contributed by atoms with Crippen molar-refractivity contribution >= 4 is 23.2 Å². The highest BCUT2D eigenvalue weighted by Crippen LogP contribution is 2.25. The van der Waals surface area contributed by atoms with Gasteiger partial charge >= 0.3 is 6.61 Å². The van der Waals surface area contributed by atoms with Gasteiger partial charge in [-0.3, -0.25) is 9.59 Å². The van der Waals surface area contributed by atoms with Gasteiger partial charge in [0.25, 0.3) is 11.8 Å². The van der Waals surface area contributed by atoms with E-state index in [-0.39, 0.29) is 30.4 Å². The molecule has 0 fully saturated rings. The molecule has 1 unspecified atom stereocenters. The normalized spacial score (nSPS) is 11.6. The Kier molecular flexibility index (Phi) is 7.70. The third kappa shape index (κ3) is 6.84. The molecule has 28 heavy (non-hydrogen) atoms. The summed E-state index contributed by atoms with van der Waals surface area (Å²) in [4.78, 5) is 24.9. The quantitative estimate of drug-likeness (QED) is 0.601. The number of rotatable bonds is 9. The predicted molar refractivity (Wildman–Crippen MR) is 99.9 cm³/mol. The Bertz CT molecular complexity index is 817. The van der Waals surface area contributed by atoms with Crippen LogP contribution < -0.4 is 25.0 Å². The van der Waals surface area contributed by atoms with Crippen LogP contribution in [0.3, 0.4) is 0 Å². The summed E-state index contributed by atoms with van der Waals surface area (Å²) in [7, 11) is 3.20. The van der Waals surface area contributed by atoms with Crippen LogP contribution in [-0.2, 0) is 9.59 Å². The summed E-state index contributed by atoms with van der Waals surface area (Å²) >= 11 is 0. The molecular formula is C19H22F2N3O4+. The molecule has 0 radical (unpaired) electrons. The van der Waals surface area contributed by atoms with Crippen molar-refractivity contribution in [2.24, 2.45) is 0 Å². The number of carbonyl (C=O) groups excluding carboxylic acids is 2. The molecule has 2 amide bonds. The molecule has 1 atom stereocenters. The lowest BCUT2D eigenvalue weighted by Gasteiger charge is -2.15. The Morgan fingerprint density at radius 3 is 2.39 bits per heavy atom. The van der Waals surface area contributed by atoms with E-state index >= 15 is 0 Å². The number of halogens is 2. The summed E-state index contributed by atoms with van der Waals surface area (Å²) in [6.07, 6.45) is 0. The van der Waals surface area contributed by atoms with E-state index in [4.69, 9.17) is 4.74 Å². The summed E-state index contributed by atoms with van der Waals surface area (Å²) in [6.45, 7) is -2.99. The minimum absolute atomic E-state index is 0.0332. The van der Waals surface area contributed by atoms with Crippen molar-refractivity contribution in [2.45, 2.75) is 6.61 Å². The van der Waals surface area contributed by atoms with Crippen LogP contribution >= 0.6 is 0 Å². The van der Waals surface area contributed by atoms with E-state index in [1.807, 2.05) is 0 Å². The number of ether oxygens (including phenoxy) is 2. The molecule has 0 aromatic heterocycles. The molecule has 7 nitrogen and oxygen atoms in total. The number of alkyl halides is 2. The van der Waals surface area contributed by atoms with Crippen LogP contribution in [0.5, 0.6) is 11.5 Å². The van der Waals surface area contributed by atoms with E-state index in [0.717, 1.165) is 0 Å². The molecule has 9 heteroatoms. The van der Waals surface area contributed by atoms with Crippen LogP contribution in [0.1, 0.15) is 0 Å². The van der Waals surface area contributed by atoms with Gasteiger partial charge in [-0.2, -0.15) is 8.78 Å². The number of nitrogens with one attached hydrogen (secondary N) is 3. The molecule has 0 heterocycles. The number of hydrogen-bond donors (Lipinski definition) is 3. The summed E-state index contributed by atoms with van der Waals surface area (Å²) in [5.41, 5.74) is 0.723. The zero-order valence-electron chi connectivity index (χ0n) is 15.5. The molecule has 0 aliphatic carbocycles. The van der Waals surface area contributed by atoms with Crippen LogP contribution in [0.4, 0.5) is 20.2 Å². The second kappa shape index (κ2) is 10.2. The minimum atomic E-state index is -2.99. The third-order valence-corrected chi connectivity index (χ3v) is 3.66. The highest BCUT2D eigenvalue weighted by molar-refractivity contribution is 5.94. The first-order valence-corrected chi connectivity index (χ1v) is 8.46. The highest BCUT2D eigenvalue weighted by atomic mass is 19.3. The number of likely N-dealkylation sites (N-methyl/N-ethyl adjacent to an activating group) is 1. The summed E-state index contributed by atoms with van der Waals surface area (Å²) in [5.74, 6) is -0.223. The molecule has 3 N–H and O–H groups in total. The van der Waals surface area contributed by atoms with E-state index in [0.29, 0.717) is 16.3 Å². The standard InChI is InChI=1S/C19H21F2N3O4/c1-24(11-17(25)22-13-6-5-7-14(10-13)27-2)12-18(26)23-15-8-3-4-9-16(15)28-19(20)21/h3-10,19H,11-12H2,1-2H3,(H,22,25)(H,23,26)/p+1. The van der Waals surface area contributed by atoms with E-state index in [1.165, 1.54) is 25.3 Å². The fraction of sp³-hybridized carbons (Fsp3) is 0.263. The van der Waals surface area contributed by atoms with Crippen molar-refractivity contribution in [3.63, 3.8) is 0 Å². The maximum Gasteiger partial charge on any atom is 0.387 e. The molecule has 0 aliphatic rings. The number of carbonyl (C=O) groups is 2. The van der Waals surface area contributed by atoms with Gasteiger partial charge in [-0.05, 0) is 24.3 Å². The number of methoxy groups -OCH3 is 1. The molecular weight excluding hydrogens is 372 g/mol. The van der Waals surface area contributed by atoms with E-state index < -0.39 is 12.5 Å². The Balaban J connectivity index is 1.86. The number of para-hydroxylation sites is 2. The third-order valence-electron chi connectivity index (χ3n) is 3.66. The van der Waals surface area contributed by atoms with Crippen molar-refractivity contribution in [1.82, 2.24) is 0 Å². The fourth-order valence-electron chi connectivity index (χ4n) is 2.48. The van der Waals surface area contributed by atoms with Crippen molar-refractivity contribution in [2.75, 3.05) is 37.9 Å². The first-order valence-electron chi connectivity index (χ1n) is 8.46. The Labute approximate surface area is 161 Å². The number of hydrogen-bond acceptors (Lipinski definition) is 4. The average Bonchev–Trinajstić information content (AvgIpc) is 2.62. The molecule has 0 saturated carbocycles. The van der Waals surface area contributed by atoms with Gasteiger partial charge in [0, 0.05) is 11.8 Å². The van der Waals surface area contributed by atoms with Crippen molar-refractivity contribution < 1.29 is 32.7 Å². The van der Waals surface area contributed by atoms with Crippen molar-refractivity contribution in [3.8, 4) is 11.5 Å². The van der Waals surface area contributed by atoms with E-state index in [9.17, 15) is 18.4 Å². The number of benzene rings is 2. The number of anilines is 2. The number of quaternary nitrogens is 1. The summed E-state index contributed by atoms with van der Waals surface area (Å²) in [5, 5.41) is 5.24. The summed E-state index contributed by atoms with van der Waals surface area (Å²) < 4.78 is 34.3. The van der Waals surface area contributed by atoms with Gasteiger partial charge in [-0.15, -0.1) is 0 Å². The van der Waals surface area contributed by atoms with Gasteiger partial charge in [0.1, 0.15) is 11.5 Å². The van der Waals surface area contributed by atoms with Gasteiger partial charge < -0.3 is 25.0 Å². The Morgan fingerprint density at radius 2 is 1.71 bits per heavy atom. The van der Waals surface area contributed by atoms with Gasteiger partial charge in [0.15, 0.2) is 13.1 Å². The monoisotopic (exact) mass is 394 g/mol. The van der Waals surface area contributed by atoms with Gasteiger partial charge in [-0.1, -0.05) is 18.2 Å². The fourth-order valence-corrected chi connectivity index (χ4v) is 2.48. The number of amides is 2. The molecule has 0 saturated heterocycles. The van der Waals surface area contributed by atoms with Gasteiger partial charge in [0.2, 0.25) is 0 Å². The maximum atomic E-state index is 12.4. The van der Waals surface area contributed by atoms with Crippen LogP contribution in [0, 0.1) is 0 Å². The highest BCUT2D eigenvalue weighted by Gasteiger charge is 2.17. The predicted octanol–water partition coefficient (Wildman–Crippen LogP) is 1.39. The first kappa shape index (κ1) is 21.1. The molecule has 2 rings (SSSR count). The topological polar surface area (TPSA) is 81.1 Å². The van der Waals surface area contributed by atoms with Gasteiger partial charge in [0.05, 0.1) is 19.8 Å². The first-order chi connectivity index (χ1) is 13.4. The van der Waals surface area contributed by atoms with Crippen molar-refractivity contribution in [3.05, 3.63) is 48.5 Å². The second-order valence-electron chi connectivity index (χ2n) is 6.01.